The van der Waals surface area contributed by atoms with Crippen LogP contribution >= 0.6 is 15.9 Å². The molecule has 0 saturated heterocycles. The first-order valence-electron chi connectivity index (χ1n) is 6.07. The summed E-state index contributed by atoms with van der Waals surface area (Å²) in [7, 11) is 0. The molecule has 0 radical (unpaired) electrons. The van der Waals surface area contributed by atoms with Gasteiger partial charge in [-0.1, -0.05) is 26.3 Å². The van der Waals surface area contributed by atoms with Crippen LogP contribution in [0.3, 0.4) is 0 Å². The Balaban J connectivity index is 2.23. The lowest BCUT2D eigenvalue weighted by atomic mass is 9.72. The van der Waals surface area contributed by atoms with E-state index in [1.54, 1.807) is 0 Å². The minimum atomic E-state index is -0.217. The van der Waals surface area contributed by atoms with E-state index >= 15 is 0 Å². The molecule has 1 aromatic carbocycles. The number of benzene rings is 1. The summed E-state index contributed by atoms with van der Waals surface area (Å²) in [6.07, 6.45) is 4.23. The van der Waals surface area contributed by atoms with Crippen LogP contribution in [0.4, 0.5) is 4.39 Å². The Kier molecular flexibility index (Phi) is 3.34. The Labute approximate surface area is 111 Å². The summed E-state index contributed by atoms with van der Waals surface area (Å²) >= 11 is 3.23. The van der Waals surface area contributed by atoms with Crippen LogP contribution in [-0.2, 0) is 6.42 Å². The maximum absolute atomic E-state index is 13.2. The molecule has 1 aromatic rings. The van der Waals surface area contributed by atoms with Crippen molar-refractivity contribution in [3.05, 3.63) is 34.1 Å². The van der Waals surface area contributed by atoms with Crippen molar-refractivity contribution in [2.75, 3.05) is 0 Å². The molecule has 1 unspecified atom stereocenters. The molecule has 0 amide bonds. The van der Waals surface area contributed by atoms with Crippen molar-refractivity contribution in [1.82, 2.24) is 0 Å². The molecule has 2 N–H and O–H groups in total. The van der Waals surface area contributed by atoms with Gasteiger partial charge in [0.15, 0.2) is 0 Å². The van der Waals surface area contributed by atoms with E-state index in [1.165, 1.54) is 18.9 Å². The van der Waals surface area contributed by atoms with Gasteiger partial charge in [-0.2, -0.15) is 0 Å². The van der Waals surface area contributed by atoms with Crippen molar-refractivity contribution in [3.63, 3.8) is 0 Å². The van der Waals surface area contributed by atoms with Crippen LogP contribution in [0.25, 0.3) is 0 Å². The van der Waals surface area contributed by atoms with Crippen LogP contribution in [0.15, 0.2) is 22.7 Å². The summed E-state index contributed by atoms with van der Waals surface area (Å²) in [5, 5.41) is 0. The zero-order chi connectivity index (χ0) is 12.7. The van der Waals surface area contributed by atoms with Crippen LogP contribution in [0.5, 0.6) is 0 Å². The van der Waals surface area contributed by atoms with E-state index in [1.807, 2.05) is 12.1 Å². The van der Waals surface area contributed by atoms with E-state index in [0.29, 0.717) is 4.47 Å². The maximum atomic E-state index is 13.2. The summed E-state index contributed by atoms with van der Waals surface area (Å²) in [6, 6.07) is 5.19. The van der Waals surface area contributed by atoms with E-state index in [-0.39, 0.29) is 16.8 Å². The molecule has 3 heteroatoms. The van der Waals surface area contributed by atoms with Crippen molar-refractivity contribution in [3.8, 4) is 0 Å². The van der Waals surface area contributed by atoms with E-state index in [0.717, 1.165) is 18.4 Å². The minimum Gasteiger partial charge on any atom is -0.324 e. The second-order valence-corrected chi connectivity index (χ2v) is 6.67. The van der Waals surface area contributed by atoms with E-state index in [4.69, 9.17) is 5.73 Å². The maximum Gasteiger partial charge on any atom is 0.137 e. The van der Waals surface area contributed by atoms with Crippen LogP contribution in [0, 0.1) is 11.2 Å². The first-order chi connectivity index (χ1) is 7.84. The molecule has 1 atom stereocenters. The Morgan fingerprint density at radius 2 is 2.06 bits per heavy atom. The molecule has 2 rings (SSSR count). The van der Waals surface area contributed by atoms with E-state index in [2.05, 4.69) is 29.8 Å². The van der Waals surface area contributed by atoms with Gasteiger partial charge in [-0.3, -0.25) is 0 Å². The molecule has 0 spiro atoms. The topological polar surface area (TPSA) is 26.0 Å². The van der Waals surface area contributed by atoms with Crippen LogP contribution in [0.2, 0.25) is 0 Å². The number of nitrogens with two attached hydrogens (primary N) is 1. The summed E-state index contributed by atoms with van der Waals surface area (Å²) in [5.41, 5.74) is 7.65. The van der Waals surface area contributed by atoms with Gasteiger partial charge in [0.1, 0.15) is 5.82 Å². The molecule has 1 aliphatic rings. The molecule has 94 valence electrons. The van der Waals surface area contributed by atoms with Crippen molar-refractivity contribution in [2.24, 2.45) is 11.1 Å². The third-order valence-electron chi connectivity index (χ3n) is 4.28. The quantitative estimate of drug-likeness (QED) is 0.876. The smallest absolute Gasteiger partial charge is 0.137 e. The molecule has 1 nitrogen and oxygen atoms in total. The third kappa shape index (κ3) is 2.41. The Bertz CT molecular complexity index is 430. The molecular formula is C14H19BrFN. The Hall–Kier alpha value is -0.410. The van der Waals surface area contributed by atoms with Crippen molar-refractivity contribution < 1.29 is 4.39 Å². The third-order valence-corrected chi connectivity index (χ3v) is 4.88. The van der Waals surface area contributed by atoms with Gasteiger partial charge in [-0.05, 0) is 58.3 Å². The Morgan fingerprint density at radius 1 is 1.35 bits per heavy atom. The van der Waals surface area contributed by atoms with Gasteiger partial charge in [0.05, 0.1) is 4.47 Å². The largest absolute Gasteiger partial charge is 0.324 e. The lowest BCUT2D eigenvalue weighted by Crippen LogP contribution is -2.50. The minimum absolute atomic E-state index is 0.161. The zero-order valence-electron chi connectivity index (χ0n) is 10.4. The van der Waals surface area contributed by atoms with Crippen LogP contribution < -0.4 is 5.73 Å². The summed E-state index contributed by atoms with van der Waals surface area (Å²) < 4.78 is 13.7. The number of hydrogen-bond donors (Lipinski definition) is 1. The molecular weight excluding hydrogens is 281 g/mol. The van der Waals surface area contributed by atoms with Gasteiger partial charge in [0, 0.05) is 5.54 Å². The first kappa shape index (κ1) is 13.0. The predicted molar refractivity (Wildman–Crippen MR) is 72.4 cm³/mol. The normalized spacial score (nSPS) is 27.4. The highest BCUT2D eigenvalue weighted by Gasteiger charge is 2.45. The molecule has 1 fully saturated rings. The fraction of sp³-hybridized carbons (Fsp3) is 0.571. The van der Waals surface area contributed by atoms with Crippen LogP contribution in [-0.4, -0.2) is 5.54 Å². The highest BCUT2D eigenvalue weighted by molar-refractivity contribution is 9.10. The Morgan fingerprint density at radius 3 is 2.59 bits per heavy atom. The monoisotopic (exact) mass is 299 g/mol. The van der Waals surface area contributed by atoms with E-state index < -0.39 is 0 Å². The molecule has 1 saturated carbocycles. The molecule has 17 heavy (non-hydrogen) atoms. The fourth-order valence-electron chi connectivity index (χ4n) is 2.77. The van der Waals surface area contributed by atoms with Gasteiger partial charge in [-0.25, -0.2) is 4.39 Å². The van der Waals surface area contributed by atoms with Crippen molar-refractivity contribution in [2.45, 2.75) is 45.1 Å². The number of halogens is 2. The molecule has 0 aromatic heterocycles. The van der Waals surface area contributed by atoms with Gasteiger partial charge in [0.25, 0.3) is 0 Å². The highest BCUT2D eigenvalue weighted by Crippen LogP contribution is 2.46. The average molecular weight is 300 g/mol. The number of hydrogen-bond acceptors (Lipinski definition) is 1. The average Bonchev–Trinajstić information content (AvgIpc) is 2.47. The standard InChI is InChI=1S/C14H19BrFN/c1-13(2)6-3-7-14(13,17)9-10-4-5-12(16)11(15)8-10/h4-5,8H,3,6-7,9,17H2,1-2H3. The second kappa shape index (κ2) is 4.36. The summed E-state index contributed by atoms with van der Waals surface area (Å²) in [4.78, 5) is 0. The SMILES string of the molecule is CC1(C)CCCC1(N)Cc1ccc(F)c(Br)c1. The van der Waals surface area contributed by atoms with Gasteiger partial charge >= 0.3 is 0 Å². The molecule has 1 aliphatic carbocycles. The van der Waals surface area contributed by atoms with Crippen molar-refractivity contribution in [1.29, 1.82) is 0 Å². The summed E-state index contributed by atoms with van der Waals surface area (Å²) in [6.45, 7) is 4.47. The van der Waals surface area contributed by atoms with E-state index in [9.17, 15) is 4.39 Å². The van der Waals surface area contributed by atoms with Crippen molar-refractivity contribution >= 4 is 15.9 Å². The van der Waals surface area contributed by atoms with Gasteiger partial charge < -0.3 is 5.73 Å². The predicted octanol–water partition coefficient (Wildman–Crippen LogP) is 4.04. The molecule has 0 bridgehead atoms. The lowest BCUT2D eigenvalue weighted by Gasteiger charge is -2.38. The van der Waals surface area contributed by atoms with Gasteiger partial charge in [-0.15, -0.1) is 0 Å². The first-order valence-corrected chi connectivity index (χ1v) is 6.86. The van der Waals surface area contributed by atoms with Crippen LogP contribution in [0.1, 0.15) is 38.7 Å². The zero-order valence-corrected chi connectivity index (χ0v) is 12.0. The lowest BCUT2D eigenvalue weighted by molar-refractivity contribution is 0.207. The molecule has 0 aliphatic heterocycles. The highest BCUT2D eigenvalue weighted by atomic mass is 79.9. The molecule has 0 heterocycles. The fourth-order valence-corrected chi connectivity index (χ4v) is 3.20. The van der Waals surface area contributed by atoms with Gasteiger partial charge in [0.2, 0.25) is 0 Å². The number of rotatable bonds is 2. The second-order valence-electron chi connectivity index (χ2n) is 5.82. The summed E-state index contributed by atoms with van der Waals surface area (Å²) in [5.74, 6) is -0.217.